The number of carbonyl (C=O) groups excluding carboxylic acids is 1. The third kappa shape index (κ3) is 3.30. The molecule has 2 aromatic carbocycles. The van der Waals surface area contributed by atoms with Gasteiger partial charge in [-0.25, -0.2) is 18.7 Å². The molecule has 27 heavy (non-hydrogen) atoms. The first-order valence-electron chi connectivity index (χ1n) is 8.71. The Labute approximate surface area is 155 Å². The van der Waals surface area contributed by atoms with Crippen LogP contribution in [0.15, 0.2) is 42.5 Å². The number of nitrogens with zero attached hydrogens (tertiary/aromatic N) is 2. The minimum Gasteiger partial charge on any atom is -0.346 e. The maximum absolute atomic E-state index is 14.2. The Hall–Kier alpha value is -3.15. The molecule has 0 aliphatic carbocycles. The maximum Gasteiger partial charge on any atom is 0.255 e. The average molecular weight is 365 g/mol. The van der Waals surface area contributed by atoms with Crippen LogP contribution in [0.2, 0.25) is 0 Å². The van der Waals surface area contributed by atoms with E-state index in [9.17, 15) is 13.6 Å². The van der Waals surface area contributed by atoms with Gasteiger partial charge in [0.15, 0.2) is 5.82 Å². The Morgan fingerprint density at radius 2 is 1.67 bits per heavy atom. The molecule has 4 rings (SSSR count). The van der Waals surface area contributed by atoms with E-state index in [2.05, 4.69) is 15.3 Å². The van der Waals surface area contributed by atoms with E-state index >= 15 is 0 Å². The Kier molecular flexibility index (Phi) is 4.39. The molecule has 0 saturated carbocycles. The van der Waals surface area contributed by atoms with Crippen molar-refractivity contribution in [1.29, 1.82) is 0 Å². The van der Waals surface area contributed by atoms with E-state index in [0.29, 0.717) is 29.8 Å². The van der Waals surface area contributed by atoms with Gasteiger partial charge in [-0.1, -0.05) is 35.9 Å². The topological polar surface area (TPSA) is 54.9 Å². The zero-order chi connectivity index (χ0) is 19.0. The van der Waals surface area contributed by atoms with E-state index in [4.69, 9.17) is 0 Å². The van der Waals surface area contributed by atoms with Crippen LogP contribution in [0.1, 0.15) is 32.9 Å². The number of hydrogen-bond donors (Lipinski definition) is 1. The highest BCUT2D eigenvalue weighted by Gasteiger charge is 2.27. The molecule has 0 fully saturated rings. The highest BCUT2D eigenvalue weighted by atomic mass is 19.1. The smallest absolute Gasteiger partial charge is 0.255 e. The monoisotopic (exact) mass is 365 g/mol. The number of hydrogen-bond acceptors (Lipinski definition) is 3. The highest BCUT2D eigenvalue weighted by Crippen LogP contribution is 2.27. The van der Waals surface area contributed by atoms with Gasteiger partial charge in [-0.05, 0) is 37.5 Å². The average Bonchev–Trinajstić information content (AvgIpc) is 3.02. The Morgan fingerprint density at radius 1 is 0.963 bits per heavy atom. The van der Waals surface area contributed by atoms with E-state index in [-0.39, 0.29) is 23.8 Å². The number of halogens is 2. The molecule has 1 amide bonds. The van der Waals surface area contributed by atoms with Gasteiger partial charge in [0.25, 0.3) is 5.91 Å². The van der Waals surface area contributed by atoms with Gasteiger partial charge in [-0.2, -0.15) is 0 Å². The Bertz CT molecular complexity index is 1010. The number of fused-ring (bicyclic) bond motifs is 1. The summed E-state index contributed by atoms with van der Waals surface area (Å²) in [5, 5.41) is 2.71. The Balaban J connectivity index is 1.75. The van der Waals surface area contributed by atoms with Gasteiger partial charge in [-0.15, -0.1) is 0 Å². The standard InChI is InChI=1S/C21H17F2N3O/c1-12-5-7-13(8-6-12)9-10-16-19-17(11-24-21(19)27)26-20(25-16)18-14(22)3-2-4-15(18)23/h2-8H,9-11H2,1H3,(H,24,27). The second kappa shape index (κ2) is 6.87. The lowest BCUT2D eigenvalue weighted by atomic mass is 10.0. The molecule has 1 aromatic heterocycles. The lowest BCUT2D eigenvalue weighted by Gasteiger charge is -2.10. The van der Waals surface area contributed by atoms with Gasteiger partial charge in [0, 0.05) is 0 Å². The molecule has 136 valence electrons. The SMILES string of the molecule is Cc1ccc(CCc2nc(-c3c(F)cccc3F)nc3c2C(=O)NC3)cc1. The molecular weight excluding hydrogens is 348 g/mol. The number of nitrogens with one attached hydrogen (secondary N) is 1. The summed E-state index contributed by atoms with van der Waals surface area (Å²) in [6.07, 6.45) is 1.14. The van der Waals surface area contributed by atoms with Crippen molar-refractivity contribution < 1.29 is 13.6 Å². The van der Waals surface area contributed by atoms with Gasteiger partial charge in [0.05, 0.1) is 29.1 Å². The fourth-order valence-electron chi connectivity index (χ4n) is 3.22. The van der Waals surface area contributed by atoms with Crippen LogP contribution in [-0.2, 0) is 19.4 Å². The third-order valence-electron chi connectivity index (χ3n) is 4.66. The second-order valence-electron chi connectivity index (χ2n) is 6.58. The maximum atomic E-state index is 14.2. The van der Waals surface area contributed by atoms with E-state index in [1.54, 1.807) is 0 Å². The van der Waals surface area contributed by atoms with Crippen molar-refractivity contribution in [3.63, 3.8) is 0 Å². The molecule has 6 heteroatoms. The first kappa shape index (κ1) is 17.3. The molecule has 1 N–H and O–H groups in total. The molecular formula is C21H17F2N3O. The number of carbonyl (C=O) groups is 1. The lowest BCUT2D eigenvalue weighted by Crippen LogP contribution is -2.15. The second-order valence-corrected chi connectivity index (χ2v) is 6.58. The third-order valence-corrected chi connectivity index (χ3v) is 4.66. The Morgan fingerprint density at radius 3 is 2.37 bits per heavy atom. The molecule has 4 nitrogen and oxygen atoms in total. The summed E-state index contributed by atoms with van der Waals surface area (Å²) < 4.78 is 28.4. The molecule has 0 atom stereocenters. The summed E-state index contributed by atoms with van der Waals surface area (Å²) >= 11 is 0. The fraction of sp³-hybridized carbons (Fsp3) is 0.190. The molecule has 0 spiro atoms. The fourth-order valence-corrected chi connectivity index (χ4v) is 3.22. The van der Waals surface area contributed by atoms with Crippen molar-refractivity contribution >= 4 is 5.91 Å². The number of benzene rings is 2. The zero-order valence-corrected chi connectivity index (χ0v) is 14.7. The van der Waals surface area contributed by atoms with Crippen LogP contribution in [0, 0.1) is 18.6 Å². The van der Waals surface area contributed by atoms with Gasteiger partial charge in [0.1, 0.15) is 11.6 Å². The first-order chi connectivity index (χ1) is 13.0. The van der Waals surface area contributed by atoms with Crippen molar-refractivity contribution in [2.75, 3.05) is 0 Å². The minimum absolute atomic E-state index is 0.0280. The molecule has 1 aliphatic heterocycles. The van der Waals surface area contributed by atoms with Crippen LogP contribution in [0.4, 0.5) is 8.78 Å². The van der Waals surface area contributed by atoms with Crippen molar-refractivity contribution in [1.82, 2.24) is 15.3 Å². The summed E-state index contributed by atoms with van der Waals surface area (Å²) in [5.74, 6) is -1.72. The molecule has 1 aliphatic rings. The van der Waals surface area contributed by atoms with Gasteiger partial charge < -0.3 is 5.32 Å². The quantitative estimate of drug-likeness (QED) is 0.766. The number of aryl methyl sites for hydroxylation is 3. The highest BCUT2D eigenvalue weighted by molar-refractivity contribution is 5.99. The van der Waals surface area contributed by atoms with Crippen LogP contribution in [-0.4, -0.2) is 15.9 Å². The minimum atomic E-state index is -0.725. The predicted molar refractivity (Wildman–Crippen MR) is 97.1 cm³/mol. The molecule has 0 saturated heterocycles. The largest absolute Gasteiger partial charge is 0.346 e. The van der Waals surface area contributed by atoms with E-state index in [1.807, 2.05) is 31.2 Å². The van der Waals surface area contributed by atoms with Crippen molar-refractivity contribution in [2.45, 2.75) is 26.3 Å². The van der Waals surface area contributed by atoms with Crippen LogP contribution in [0.5, 0.6) is 0 Å². The van der Waals surface area contributed by atoms with Crippen molar-refractivity contribution in [2.24, 2.45) is 0 Å². The summed E-state index contributed by atoms with van der Waals surface area (Å²) in [6.45, 7) is 2.25. The number of amides is 1. The van der Waals surface area contributed by atoms with E-state index in [0.717, 1.165) is 5.56 Å². The van der Waals surface area contributed by atoms with Gasteiger partial charge in [-0.3, -0.25) is 4.79 Å². The van der Waals surface area contributed by atoms with Crippen LogP contribution in [0.25, 0.3) is 11.4 Å². The summed E-state index contributed by atoms with van der Waals surface area (Å²) in [6, 6.07) is 11.7. The summed E-state index contributed by atoms with van der Waals surface area (Å²) in [5.41, 5.74) is 3.40. The molecule has 0 unspecified atom stereocenters. The van der Waals surface area contributed by atoms with E-state index < -0.39 is 11.6 Å². The molecule has 3 aromatic rings. The van der Waals surface area contributed by atoms with Crippen molar-refractivity contribution in [3.05, 3.63) is 82.2 Å². The first-order valence-corrected chi connectivity index (χ1v) is 8.71. The van der Waals surface area contributed by atoms with Gasteiger partial charge in [0.2, 0.25) is 0 Å². The summed E-state index contributed by atoms with van der Waals surface area (Å²) in [7, 11) is 0. The van der Waals surface area contributed by atoms with E-state index in [1.165, 1.54) is 23.8 Å². The van der Waals surface area contributed by atoms with Crippen molar-refractivity contribution in [3.8, 4) is 11.4 Å². The number of aromatic nitrogens is 2. The zero-order valence-electron chi connectivity index (χ0n) is 14.7. The number of rotatable bonds is 4. The molecule has 0 radical (unpaired) electrons. The van der Waals surface area contributed by atoms with Crippen LogP contribution >= 0.6 is 0 Å². The molecule has 2 heterocycles. The molecule has 0 bridgehead atoms. The van der Waals surface area contributed by atoms with Gasteiger partial charge >= 0.3 is 0 Å². The van der Waals surface area contributed by atoms with Crippen LogP contribution < -0.4 is 5.32 Å². The van der Waals surface area contributed by atoms with Crippen LogP contribution in [0.3, 0.4) is 0 Å². The predicted octanol–water partition coefficient (Wildman–Crippen LogP) is 3.76. The lowest BCUT2D eigenvalue weighted by molar-refractivity contribution is 0.0964. The normalized spacial score (nSPS) is 12.8. The summed E-state index contributed by atoms with van der Waals surface area (Å²) in [4.78, 5) is 20.8.